The summed E-state index contributed by atoms with van der Waals surface area (Å²) in [6, 6.07) is 6.42. The Morgan fingerprint density at radius 3 is 2.44 bits per heavy atom. The van der Waals surface area contributed by atoms with Gasteiger partial charge >= 0.3 is 0 Å². The Hall–Kier alpha value is -1.75. The van der Waals surface area contributed by atoms with E-state index in [1.54, 1.807) is 25.1 Å². The molecule has 1 aliphatic heterocycles. The van der Waals surface area contributed by atoms with Crippen LogP contribution < -0.4 is 9.62 Å². The number of nitrogens with one attached hydrogen (secondary N) is 1. The van der Waals surface area contributed by atoms with Crippen molar-refractivity contribution in [1.82, 2.24) is 14.7 Å². The van der Waals surface area contributed by atoms with E-state index in [-0.39, 0.29) is 21.5 Å². The SMILES string of the molecule is Cc1cccc(S(=O)(=O)NC(=O)c2cc(I)c(C(C)(C)C)nc2N2C[C@@H](C)CC2(C)C)n1. The molecule has 1 atom stereocenters. The minimum atomic E-state index is -4.12. The first-order valence-corrected chi connectivity index (χ1v) is 13.2. The minimum absolute atomic E-state index is 0.184. The van der Waals surface area contributed by atoms with Crippen molar-refractivity contribution in [2.24, 2.45) is 5.92 Å². The number of pyridine rings is 2. The highest BCUT2D eigenvalue weighted by Gasteiger charge is 2.40. The Morgan fingerprint density at radius 1 is 1.25 bits per heavy atom. The third kappa shape index (κ3) is 5.08. The molecule has 9 heteroatoms. The molecule has 0 radical (unpaired) electrons. The molecule has 3 rings (SSSR count). The predicted molar refractivity (Wildman–Crippen MR) is 134 cm³/mol. The van der Waals surface area contributed by atoms with Crippen molar-refractivity contribution >= 4 is 44.3 Å². The van der Waals surface area contributed by atoms with E-state index in [2.05, 4.69) is 78.7 Å². The summed E-state index contributed by atoms with van der Waals surface area (Å²) < 4.78 is 28.7. The second kappa shape index (κ2) is 8.55. The summed E-state index contributed by atoms with van der Waals surface area (Å²) in [5.41, 5.74) is 1.25. The number of halogens is 1. The van der Waals surface area contributed by atoms with Crippen molar-refractivity contribution in [3.05, 3.63) is 44.8 Å². The van der Waals surface area contributed by atoms with Crippen LogP contribution in [0.5, 0.6) is 0 Å². The number of aromatic nitrogens is 2. The molecule has 1 saturated heterocycles. The lowest BCUT2D eigenvalue weighted by molar-refractivity contribution is 0.0981. The van der Waals surface area contributed by atoms with Gasteiger partial charge in [-0.15, -0.1) is 0 Å². The summed E-state index contributed by atoms with van der Waals surface area (Å²) in [6.07, 6.45) is 0.956. The number of carbonyl (C=O) groups excluding carboxylic acids is 1. The Bertz CT molecular complexity index is 1160. The average molecular weight is 570 g/mol. The molecule has 1 aliphatic rings. The van der Waals surface area contributed by atoms with Gasteiger partial charge in [-0.25, -0.2) is 14.7 Å². The van der Waals surface area contributed by atoms with Crippen LogP contribution in [0.15, 0.2) is 29.3 Å². The van der Waals surface area contributed by atoms with Crippen LogP contribution in [0.3, 0.4) is 0 Å². The summed E-state index contributed by atoms with van der Waals surface area (Å²) in [7, 11) is -4.12. The van der Waals surface area contributed by atoms with Crippen molar-refractivity contribution in [3.8, 4) is 0 Å². The topological polar surface area (TPSA) is 92.3 Å². The molecule has 32 heavy (non-hydrogen) atoms. The molecule has 1 N–H and O–H groups in total. The molecule has 0 saturated carbocycles. The van der Waals surface area contributed by atoms with E-state index in [4.69, 9.17) is 4.98 Å². The molecular weight excluding hydrogens is 539 g/mol. The van der Waals surface area contributed by atoms with Crippen molar-refractivity contribution < 1.29 is 13.2 Å². The summed E-state index contributed by atoms with van der Waals surface area (Å²) >= 11 is 2.17. The van der Waals surface area contributed by atoms with Crippen molar-refractivity contribution in [2.45, 2.75) is 70.9 Å². The van der Waals surface area contributed by atoms with Gasteiger partial charge in [-0.3, -0.25) is 4.79 Å². The van der Waals surface area contributed by atoms with Crippen molar-refractivity contribution in [1.29, 1.82) is 0 Å². The zero-order chi connectivity index (χ0) is 24.1. The zero-order valence-electron chi connectivity index (χ0n) is 19.7. The lowest BCUT2D eigenvalue weighted by Gasteiger charge is -2.35. The van der Waals surface area contributed by atoms with Gasteiger partial charge in [0.25, 0.3) is 15.9 Å². The number of amides is 1. The van der Waals surface area contributed by atoms with Gasteiger partial charge in [0.05, 0.1) is 11.3 Å². The second-order valence-electron chi connectivity index (χ2n) is 10.2. The van der Waals surface area contributed by atoms with Crippen LogP contribution >= 0.6 is 22.6 Å². The van der Waals surface area contributed by atoms with E-state index in [1.807, 2.05) is 0 Å². The first-order chi connectivity index (χ1) is 14.6. The normalized spacial score (nSPS) is 18.6. The Balaban J connectivity index is 2.11. The third-order valence-corrected chi connectivity index (χ3v) is 7.66. The van der Waals surface area contributed by atoms with Gasteiger partial charge in [0.1, 0.15) is 5.82 Å². The molecule has 1 fully saturated rings. The molecule has 2 aromatic rings. The number of carbonyl (C=O) groups is 1. The van der Waals surface area contributed by atoms with E-state index in [0.717, 1.165) is 22.2 Å². The van der Waals surface area contributed by atoms with E-state index in [0.29, 0.717) is 17.4 Å². The third-order valence-electron chi connectivity index (χ3n) is 5.60. The molecular formula is C23H31IN4O3S. The number of aryl methyl sites for hydroxylation is 1. The lowest BCUT2D eigenvalue weighted by Crippen LogP contribution is -2.41. The van der Waals surface area contributed by atoms with E-state index >= 15 is 0 Å². The first kappa shape index (κ1) is 24.9. The largest absolute Gasteiger partial charge is 0.351 e. The molecule has 1 amide bonds. The average Bonchev–Trinajstić information content (AvgIpc) is 2.92. The van der Waals surface area contributed by atoms with Gasteiger partial charge in [-0.05, 0) is 73.9 Å². The highest BCUT2D eigenvalue weighted by molar-refractivity contribution is 14.1. The smallest absolute Gasteiger partial charge is 0.281 e. The quantitative estimate of drug-likeness (QED) is 0.547. The van der Waals surface area contributed by atoms with Crippen LogP contribution in [0.1, 0.15) is 69.7 Å². The molecule has 0 bridgehead atoms. The van der Waals surface area contributed by atoms with Crippen molar-refractivity contribution in [3.63, 3.8) is 0 Å². The fourth-order valence-electron chi connectivity index (χ4n) is 4.23. The van der Waals surface area contributed by atoms with E-state index in [1.165, 1.54) is 6.07 Å². The maximum Gasteiger partial charge on any atom is 0.281 e. The molecule has 7 nitrogen and oxygen atoms in total. The molecule has 174 valence electrons. The maximum absolute atomic E-state index is 13.3. The highest BCUT2D eigenvalue weighted by Crippen LogP contribution is 2.39. The molecule has 0 aliphatic carbocycles. The number of hydrogen-bond donors (Lipinski definition) is 1. The summed E-state index contributed by atoms with van der Waals surface area (Å²) in [5.74, 6) is 0.249. The zero-order valence-corrected chi connectivity index (χ0v) is 22.6. The lowest BCUT2D eigenvalue weighted by atomic mass is 9.91. The van der Waals surface area contributed by atoms with E-state index in [9.17, 15) is 13.2 Å². The van der Waals surface area contributed by atoms with Gasteiger partial charge in [0.2, 0.25) is 0 Å². The maximum atomic E-state index is 13.3. The molecule has 0 spiro atoms. The Labute approximate surface area is 204 Å². The predicted octanol–water partition coefficient (Wildman–Crippen LogP) is 4.43. The van der Waals surface area contributed by atoms with Crippen LogP contribution in [0.2, 0.25) is 0 Å². The van der Waals surface area contributed by atoms with Gasteiger partial charge in [0.15, 0.2) is 5.03 Å². The minimum Gasteiger partial charge on any atom is -0.351 e. The van der Waals surface area contributed by atoms with E-state index < -0.39 is 15.9 Å². The number of nitrogens with zero attached hydrogens (tertiary/aromatic N) is 3. The fraction of sp³-hybridized carbons (Fsp3) is 0.522. The first-order valence-electron chi connectivity index (χ1n) is 10.6. The number of hydrogen-bond acceptors (Lipinski definition) is 6. The number of sulfonamides is 1. The number of anilines is 1. The van der Waals surface area contributed by atoms with Crippen LogP contribution in [-0.2, 0) is 15.4 Å². The van der Waals surface area contributed by atoms with Gasteiger partial charge < -0.3 is 4.90 Å². The van der Waals surface area contributed by atoms with Crippen LogP contribution in [0.25, 0.3) is 0 Å². The molecule has 2 aromatic heterocycles. The monoisotopic (exact) mass is 570 g/mol. The van der Waals surface area contributed by atoms with Crippen molar-refractivity contribution in [2.75, 3.05) is 11.4 Å². The van der Waals surface area contributed by atoms with Gasteiger partial charge in [0, 0.05) is 26.8 Å². The van der Waals surface area contributed by atoms with Crippen LogP contribution in [-0.4, -0.2) is 36.4 Å². The summed E-state index contributed by atoms with van der Waals surface area (Å²) in [5, 5.41) is -0.184. The molecule has 0 unspecified atom stereocenters. The summed E-state index contributed by atoms with van der Waals surface area (Å²) in [6.45, 7) is 15.1. The fourth-order valence-corrected chi connectivity index (χ4v) is 6.46. The number of rotatable bonds is 4. The van der Waals surface area contributed by atoms with Gasteiger partial charge in [-0.2, -0.15) is 8.42 Å². The molecule has 3 heterocycles. The van der Waals surface area contributed by atoms with Crippen LogP contribution in [0, 0.1) is 16.4 Å². The summed E-state index contributed by atoms with van der Waals surface area (Å²) in [4.78, 5) is 24.4. The second-order valence-corrected chi connectivity index (χ2v) is 13.0. The van der Waals surface area contributed by atoms with Gasteiger partial charge in [-0.1, -0.05) is 33.8 Å². The Morgan fingerprint density at radius 2 is 1.91 bits per heavy atom. The highest BCUT2D eigenvalue weighted by atomic mass is 127. The molecule has 0 aromatic carbocycles. The standard InChI is InChI=1S/C23H31IN4O3S/c1-14-12-23(6,7)28(13-14)20-16(11-17(24)19(26-20)22(3,4)5)21(29)27-32(30,31)18-10-8-9-15(2)25-18/h8-11,14H,12-13H2,1-7H3,(H,27,29)/t14-/m0/s1. The van der Waals surface area contributed by atoms with Crippen LogP contribution in [0.4, 0.5) is 5.82 Å². The Kier molecular flexibility index (Phi) is 6.65.